The minimum Gasteiger partial charge on any atom is -0.478 e. The van der Waals surface area contributed by atoms with Crippen molar-refractivity contribution < 1.29 is 9.53 Å². The Morgan fingerprint density at radius 1 is 1.25 bits per heavy atom. The fourth-order valence-electron chi connectivity index (χ4n) is 1.50. The zero-order valence-electron chi connectivity index (χ0n) is 8.88. The number of carbonyl (C=O) groups excluding carboxylic acids is 1. The molecule has 0 fully saturated rings. The van der Waals surface area contributed by atoms with E-state index in [0.29, 0.717) is 10.2 Å². The van der Waals surface area contributed by atoms with E-state index in [1.54, 1.807) is 13.8 Å². The number of hydrogen-bond acceptors (Lipinski definition) is 2. The Morgan fingerprint density at radius 3 is 2.25 bits per heavy atom. The summed E-state index contributed by atoms with van der Waals surface area (Å²) in [6.07, 6.45) is 0. The van der Waals surface area contributed by atoms with Gasteiger partial charge in [-0.25, -0.2) is 0 Å². The van der Waals surface area contributed by atoms with E-state index in [-0.39, 0.29) is 5.78 Å². The molecule has 0 radical (unpaired) electrons. The maximum atomic E-state index is 11.8. The summed E-state index contributed by atoms with van der Waals surface area (Å²) in [6, 6.07) is 7.88. The molecular weight excluding hydrogens is 383 g/mol. The van der Waals surface area contributed by atoms with Crippen LogP contribution in [0.3, 0.4) is 0 Å². The van der Waals surface area contributed by atoms with Crippen molar-refractivity contribution in [3.8, 4) is 0 Å². The second-order valence-corrected chi connectivity index (χ2v) is 6.13. The summed E-state index contributed by atoms with van der Waals surface area (Å²) in [5, 5.41) is 0. The average molecular weight is 393 g/mol. The number of hydrogen-bond donors (Lipinski definition) is 0. The molecule has 84 valence electrons. The molecule has 0 saturated heterocycles. The molecule has 0 atom stereocenters. The molecule has 0 spiro atoms. The molecule has 2 rings (SSSR count). The summed E-state index contributed by atoms with van der Waals surface area (Å²) in [5.74, 6) is 0.618. The van der Waals surface area contributed by atoms with E-state index in [1.807, 2.05) is 24.3 Å². The highest BCUT2D eigenvalue weighted by atomic mass is 127. The van der Waals surface area contributed by atoms with Crippen LogP contribution >= 0.6 is 38.5 Å². The fraction of sp³-hybridized carbons (Fsp3) is 0.250. The number of ketones is 1. The van der Waals surface area contributed by atoms with Gasteiger partial charge in [0.2, 0.25) is 5.78 Å². The van der Waals surface area contributed by atoms with Crippen molar-refractivity contribution in [2.24, 2.45) is 0 Å². The number of benzene rings is 1. The van der Waals surface area contributed by atoms with Gasteiger partial charge >= 0.3 is 0 Å². The lowest BCUT2D eigenvalue weighted by Crippen LogP contribution is -2.28. The van der Waals surface area contributed by atoms with E-state index in [2.05, 4.69) is 38.5 Å². The molecule has 0 unspecified atom stereocenters. The lowest BCUT2D eigenvalue weighted by atomic mass is 10.1. The van der Waals surface area contributed by atoms with E-state index in [4.69, 9.17) is 4.74 Å². The molecular formula is C12H10BrIO2. The van der Waals surface area contributed by atoms with Crippen molar-refractivity contribution in [2.45, 2.75) is 19.4 Å². The van der Waals surface area contributed by atoms with E-state index >= 15 is 0 Å². The third kappa shape index (κ3) is 2.05. The average Bonchev–Trinajstić information content (AvgIpc) is 2.44. The highest BCUT2D eigenvalue weighted by molar-refractivity contribution is 14.1. The molecule has 1 heterocycles. The minimum atomic E-state index is -0.767. The van der Waals surface area contributed by atoms with Crippen LogP contribution < -0.4 is 0 Å². The van der Waals surface area contributed by atoms with Crippen LogP contribution in [-0.4, -0.2) is 11.4 Å². The van der Waals surface area contributed by atoms with Gasteiger partial charge < -0.3 is 4.74 Å². The Balaban J connectivity index is 2.43. The summed E-state index contributed by atoms with van der Waals surface area (Å²) in [7, 11) is 0. The van der Waals surface area contributed by atoms with Crippen LogP contribution in [0.4, 0.5) is 0 Å². The Hall–Kier alpha value is -0.360. The third-order valence-corrected chi connectivity index (χ3v) is 3.85. The van der Waals surface area contributed by atoms with Gasteiger partial charge in [0.1, 0.15) is 10.2 Å². The standard InChI is InChI=1S/C12H10BrIO2/c1-12(2)11(15)9(13)10(16-12)7-3-5-8(14)6-4-7/h3-6H,1-2H3. The number of rotatable bonds is 1. The maximum absolute atomic E-state index is 11.8. The van der Waals surface area contributed by atoms with Gasteiger partial charge in [0, 0.05) is 9.13 Å². The van der Waals surface area contributed by atoms with Crippen LogP contribution in [0.15, 0.2) is 28.7 Å². The molecule has 0 N–H and O–H groups in total. The van der Waals surface area contributed by atoms with E-state index in [0.717, 1.165) is 9.13 Å². The molecule has 0 bridgehead atoms. The summed E-state index contributed by atoms with van der Waals surface area (Å²) >= 11 is 5.54. The lowest BCUT2D eigenvalue weighted by Gasteiger charge is -2.17. The number of Topliss-reactive ketones (excluding diaryl/α,β-unsaturated/α-hetero) is 1. The molecule has 2 nitrogen and oxygen atoms in total. The van der Waals surface area contributed by atoms with Crippen LogP contribution in [0.1, 0.15) is 19.4 Å². The molecule has 0 amide bonds. The topological polar surface area (TPSA) is 26.3 Å². The SMILES string of the molecule is CC1(C)OC(c2ccc(I)cc2)=C(Br)C1=O. The van der Waals surface area contributed by atoms with Crippen molar-refractivity contribution in [2.75, 3.05) is 0 Å². The quantitative estimate of drug-likeness (QED) is 0.680. The van der Waals surface area contributed by atoms with Gasteiger partial charge in [0.25, 0.3) is 0 Å². The minimum absolute atomic E-state index is 0.0129. The van der Waals surface area contributed by atoms with Crippen molar-refractivity contribution in [1.82, 2.24) is 0 Å². The normalized spacial score (nSPS) is 18.9. The van der Waals surface area contributed by atoms with Crippen LogP contribution in [0.25, 0.3) is 5.76 Å². The van der Waals surface area contributed by atoms with Gasteiger partial charge in [0.15, 0.2) is 5.60 Å². The first-order valence-corrected chi connectivity index (χ1v) is 6.68. The van der Waals surface area contributed by atoms with Crippen molar-refractivity contribution in [1.29, 1.82) is 0 Å². The summed E-state index contributed by atoms with van der Waals surface area (Å²) < 4.78 is 7.36. The van der Waals surface area contributed by atoms with Gasteiger partial charge in [-0.3, -0.25) is 4.79 Å². The first-order chi connectivity index (χ1) is 7.42. The second kappa shape index (κ2) is 4.14. The lowest BCUT2D eigenvalue weighted by molar-refractivity contribution is -0.125. The van der Waals surface area contributed by atoms with Crippen LogP contribution in [0.2, 0.25) is 0 Å². The smallest absolute Gasteiger partial charge is 0.216 e. The molecule has 1 aliphatic heterocycles. The second-order valence-electron chi connectivity index (χ2n) is 4.09. The van der Waals surface area contributed by atoms with E-state index < -0.39 is 5.60 Å². The Labute approximate surface area is 116 Å². The molecule has 1 aromatic rings. The molecule has 1 aromatic carbocycles. The Morgan fingerprint density at radius 2 is 1.81 bits per heavy atom. The number of carbonyl (C=O) groups is 1. The van der Waals surface area contributed by atoms with Gasteiger partial charge in [-0.1, -0.05) is 12.1 Å². The molecule has 0 saturated carbocycles. The Kier molecular flexibility index (Phi) is 3.13. The third-order valence-electron chi connectivity index (χ3n) is 2.41. The summed E-state index contributed by atoms with van der Waals surface area (Å²) in [6.45, 7) is 3.55. The largest absolute Gasteiger partial charge is 0.478 e. The number of ether oxygens (including phenoxy) is 1. The van der Waals surface area contributed by atoms with Crippen molar-refractivity contribution >= 4 is 50.1 Å². The maximum Gasteiger partial charge on any atom is 0.216 e. The van der Waals surface area contributed by atoms with Gasteiger partial charge in [0.05, 0.1) is 0 Å². The highest BCUT2D eigenvalue weighted by Crippen LogP contribution is 2.38. The summed E-state index contributed by atoms with van der Waals surface area (Å²) in [4.78, 5) is 11.8. The first-order valence-electron chi connectivity index (χ1n) is 4.81. The summed E-state index contributed by atoms with van der Waals surface area (Å²) in [5.41, 5.74) is 0.156. The highest BCUT2D eigenvalue weighted by Gasteiger charge is 2.41. The van der Waals surface area contributed by atoms with Gasteiger partial charge in [-0.05, 0) is 64.5 Å². The molecule has 0 aliphatic carbocycles. The zero-order chi connectivity index (χ0) is 11.9. The predicted molar refractivity (Wildman–Crippen MR) is 75.2 cm³/mol. The van der Waals surface area contributed by atoms with Crippen molar-refractivity contribution in [3.63, 3.8) is 0 Å². The molecule has 16 heavy (non-hydrogen) atoms. The molecule has 0 aromatic heterocycles. The van der Waals surface area contributed by atoms with Gasteiger partial charge in [-0.15, -0.1) is 0 Å². The van der Waals surface area contributed by atoms with Gasteiger partial charge in [-0.2, -0.15) is 0 Å². The zero-order valence-corrected chi connectivity index (χ0v) is 12.6. The van der Waals surface area contributed by atoms with E-state index in [9.17, 15) is 4.79 Å². The van der Waals surface area contributed by atoms with E-state index in [1.165, 1.54) is 0 Å². The first kappa shape index (κ1) is 12.1. The Bertz CT molecular complexity index is 474. The molecule has 4 heteroatoms. The van der Waals surface area contributed by atoms with Crippen LogP contribution in [0, 0.1) is 3.57 Å². The molecule has 1 aliphatic rings. The monoisotopic (exact) mass is 392 g/mol. The number of halogens is 2. The fourth-order valence-corrected chi connectivity index (χ4v) is 2.65. The van der Waals surface area contributed by atoms with Crippen LogP contribution in [-0.2, 0) is 9.53 Å². The predicted octanol–water partition coefficient (Wildman–Crippen LogP) is 3.73. The van der Waals surface area contributed by atoms with Crippen molar-refractivity contribution in [3.05, 3.63) is 37.9 Å². The van der Waals surface area contributed by atoms with Crippen LogP contribution in [0.5, 0.6) is 0 Å².